The first-order chi connectivity index (χ1) is 12.2. The fourth-order valence-electron chi connectivity index (χ4n) is 2.44. The summed E-state index contributed by atoms with van der Waals surface area (Å²) in [5, 5.41) is 7.22. The summed E-state index contributed by atoms with van der Waals surface area (Å²) >= 11 is 0. The Morgan fingerprint density at radius 1 is 1.16 bits per heavy atom. The molecule has 4 aromatic rings. The molecular formula is C18H14N4O3. The van der Waals surface area contributed by atoms with Crippen LogP contribution in [0.15, 0.2) is 65.4 Å². The molecule has 1 aromatic carbocycles. The molecule has 7 heteroatoms. The van der Waals surface area contributed by atoms with Crippen LogP contribution >= 0.6 is 0 Å². The number of ether oxygens (including phenoxy) is 1. The maximum Gasteiger partial charge on any atom is 0.292 e. The number of nitrogens with one attached hydrogen (secondary N) is 1. The maximum absolute atomic E-state index is 12.0. The van der Waals surface area contributed by atoms with Gasteiger partial charge in [-0.15, -0.1) is 0 Å². The summed E-state index contributed by atoms with van der Waals surface area (Å²) < 4.78 is 11.8. The van der Waals surface area contributed by atoms with E-state index in [2.05, 4.69) is 15.4 Å². The lowest BCUT2D eigenvalue weighted by Crippen LogP contribution is -2.10. The molecule has 0 atom stereocenters. The zero-order chi connectivity index (χ0) is 17.2. The summed E-state index contributed by atoms with van der Waals surface area (Å²) in [5.74, 6) is 1.06. The number of benzene rings is 1. The standard InChI is InChI=1S/C18H14N4O3/c1-24-13-6-4-12(5-7-13)14-8-9-17-19-16(11-22(17)21-14)20-18(23)15-3-2-10-25-15/h2-11H,1H3,(H,20,23). The van der Waals surface area contributed by atoms with Crippen LogP contribution in [-0.4, -0.2) is 27.6 Å². The number of rotatable bonds is 4. The van der Waals surface area contributed by atoms with Crippen molar-refractivity contribution in [1.29, 1.82) is 0 Å². The molecule has 0 unspecified atom stereocenters. The number of furan rings is 1. The Kier molecular flexibility index (Phi) is 3.66. The molecule has 0 bridgehead atoms. The molecule has 0 radical (unpaired) electrons. The SMILES string of the molecule is COc1ccc(-c2ccc3nc(NC(=O)c4ccco4)cn3n2)cc1. The van der Waals surface area contributed by atoms with Crippen molar-refractivity contribution in [2.45, 2.75) is 0 Å². The van der Waals surface area contributed by atoms with Crippen molar-refractivity contribution in [3.63, 3.8) is 0 Å². The fourth-order valence-corrected chi connectivity index (χ4v) is 2.44. The molecule has 1 amide bonds. The van der Waals surface area contributed by atoms with E-state index in [1.165, 1.54) is 6.26 Å². The van der Waals surface area contributed by atoms with Gasteiger partial charge in [0.25, 0.3) is 5.91 Å². The maximum atomic E-state index is 12.0. The monoisotopic (exact) mass is 334 g/mol. The molecule has 7 nitrogen and oxygen atoms in total. The molecule has 3 heterocycles. The smallest absolute Gasteiger partial charge is 0.292 e. The Bertz CT molecular complexity index is 1020. The van der Waals surface area contributed by atoms with Crippen LogP contribution in [0.2, 0.25) is 0 Å². The summed E-state index contributed by atoms with van der Waals surface area (Å²) in [5.41, 5.74) is 2.38. The molecule has 3 aromatic heterocycles. The number of imidazole rings is 1. The molecule has 4 rings (SSSR count). The first-order valence-electron chi connectivity index (χ1n) is 7.59. The van der Waals surface area contributed by atoms with E-state index < -0.39 is 0 Å². The van der Waals surface area contributed by atoms with Crippen LogP contribution in [0.25, 0.3) is 16.9 Å². The van der Waals surface area contributed by atoms with Crippen LogP contribution < -0.4 is 10.1 Å². The molecule has 0 saturated heterocycles. The van der Waals surface area contributed by atoms with E-state index in [-0.39, 0.29) is 11.7 Å². The summed E-state index contributed by atoms with van der Waals surface area (Å²) in [6, 6.07) is 14.6. The summed E-state index contributed by atoms with van der Waals surface area (Å²) in [6.45, 7) is 0. The topological polar surface area (TPSA) is 81.7 Å². The number of aromatic nitrogens is 3. The van der Waals surface area contributed by atoms with E-state index in [0.717, 1.165) is 17.0 Å². The highest BCUT2D eigenvalue weighted by Gasteiger charge is 2.12. The van der Waals surface area contributed by atoms with Crippen molar-refractivity contribution in [1.82, 2.24) is 14.6 Å². The van der Waals surface area contributed by atoms with Gasteiger partial charge in [0.1, 0.15) is 5.75 Å². The third-order valence-corrected chi connectivity index (χ3v) is 3.69. The summed E-state index contributed by atoms with van der Waals surface area (Å²) in [6.07, 6.45) is 3.10. The van der Waals surface area contributed by atoms with Crippen LogP contribution in [0, 0.1) is 0 Å². The number of hydrogen-bond donors (Lipinski definition) is 1. The minimum atomic E-state index is -0.358. The van der Waals surface area contributed by atoms with E-state index in [1.807, 2.05) is 36.4 Å². The Morgan fingerprint density at radius 2 is 2.00 bits per heavy atom. The second-order valence-electron chi connectivity index (χ2n) is 5.31. The number of anilines is 1. The van der Waals surface area contributed by atoms with E-state index >= 15 is 0 Å². The fraction of sp³-hybridized carbons (Fsp3) is 0.0556. The van der Waals surface area contributed by atoms with Gasteiger partial charge in [-0.2, -0.15) is 5.10 Å². The van der Waals surface area contributed by atoms with Crippen molar-refractivity contribution < 1.29 is 13.9 Å². The largest absolute Gasteiger partial charge is 0.497 e. The van der Waals surface area contributed by atoms with Gasteiger partial charge >= 0.3 is 0 Å². The Hall–Kier alpha value is -3.61. The van der Waals surface area contributed by atoms with Crippen molar-refractivity contribution >= 4 is 17.4 Å². The average Bonchev–Trinajstić information content (AvgIpc) is 3.30. The highest BCUT2D eigenvalue weighted by Crippen LogP contribution is 2.21. The van der Waals surface area contributed by atoms with Crippen LogP contribution in [0.4, 0.5) is 5.82 Å². The minimum Gasteiger partial charge on any atom is -0.497 e. The average molecular weight is 334 g/mol. The Labute approximate surface area is 142 Å². The normalized spacial score (nSPS) is 10.8. The van der Waals surface area contributed by atoms with Gasteiger partial charge in [0.05, 0.1) is 25.3 Å². The van der Waals surface area contributed by atoms with Gasteiger partial charge in [0, 0.05) is 5.56 Å². The van der Waals surface area contributed by atoms with Crippen molar-refractivity contribution in [3.8, 4) is 17.0 Å². The van der Waals surface area contributed by atoms with Gasteiger partial charge in [-0.1, -0.05) is 0 Å². The predicted molar refractivity (Wildman–Crippen MR) is 91.6 cm³/mol. The number of amides is 1. The highest BCUT2D eigenvalue weighted by molar-refractivity contribution is 6.01. The molecule has 1 N–H and O–H groups in total. The summed E-state index contributed by atoms with van der Waals surface area (Å²) in [7, 11) is 1.63. The van der Waals surface area contributed by atoms with Crippen molar-refractivity contribution in [2.75, 3.05) is 12.4 Å². The van der Waals surface area contributed by atoms with Gasteiger partial charge in [-0.3, -0.25) is 4.79 Å². The second-order valence-corrected chi connectivity index (χ2v) is 5.31. The Morgan fingerprint density at radius 3 is 2.72 bits per heavy atom. The number of hydrogen-bond acceptors (Lipinski definition) is 5. The number of carbonyl (C=O) groups excluding carboxylic acids is 1. The molecule has 0 saturated carbocycles. The molecule has 0 aliphatic heterocycles. The predicted octanol–water partition coefficient (Wildman–Crippen LogP) is 3.25. The third kappa shape index (κ3) is 2.94. The molecule has 25 heavy (non-hydrogen) atoms. The van der Waals surface area contributed by atoms with Crippen LogP contribution in [0.1, 0.15) is 10.6 Å². The lowest BCUT2D eigenvalue weighted by molar-refractivity contribution is 0.0996. The molecule has 0 aliphatic carbocycles. The summed E-state index contributed by atoms with van der Waals surface area (Å²) in [4.78, 5) is 16.3. The number of nitrogens with zero attached hydrogens (tertiary/aromatic N) is 3. The number of methoxy groups -OCH3 is 1. The van der Waals surface area contributed by atoms with Crippen LogP contribution in [0.5, 0.6) is 5.75 Å². The van der Waals surface area contributed by atoms with Crippen LogP contribution in [-0.2, 0) is 0 Å². The highest BCUT2D eigenvalue weighted by atomic mass is 16.5. The minimum absolute atomic E-state index is 0.226. The van der Waals surface area contributed by atoms with Gasteiger partial charge in [-0.05, 0) is 48.5 Å². The van der Waals surface area contributed by atoms with Crippen molar-refractivity contribution in [3.05, 3.63) is 66.8 Å². The third-order valence-electron chi connectivity index (χ3n) is 3.69. The second kappa shape index (κ2) is 6.12. The molecule has 0 spiro atoms. The lowest BCUT2D eigenvalue weighted by atomic mass is 10.1. The Balaban J connectivity index is 1.61. The van der Waals surface area contributed by atoms with Gasteiger partial charge in [0.15, 0.2) is 17.2 Å². The van der Waals surface area contributed by atoms with E-state index in [0.29, 0.717) is 11.5 Å². The molecule has 124 valence electrons. The quantitative estimate of drug-likeness (QED) is 0.619. The molecule has 0 fully saturated rings. The van der Waals surface area contributed by atoms with E-state index in [9.17, 15) is 4.79 Å². The first kappa shape index (κ1) is 14.9. The van der Waals surface area contributed by atoms with E-state index in [1.54, 1.807) is 30.0 Å². The number of carbonyl (C=O) groups is 1. The molecular weight excluding hydrogens is 320 g/mol. The zero-order valence-corrected chi connectivity index (χ0v) is 13.3. The van der Waals surface area contributed by atoms with Gasteiger partial charge in [-0.25, -0.2) is 9.50 Å². The number of fused-ring (bicyclic) bond motifs is 1. The first-order valence-corrected chi connectivity index (χ1v) is 7.59. The molecule has 0 aliphatic rings. The van der Waals surface area contributed by atoms with Crippen LogP contribution in [0.3, 0.4) is 0 Å². The lowest BCUT2D eigenvalue weighted by Gasteiger charge is -2.03. The zero-order valence-electron chi connectivity index (χ0n) is 13.3. The van der Waals surface area contributed by atoms with Crippen molar-refractivity contribution in [2.24, 2.45) is 0 Å². The van der Waals surface area contributed by atoms with E-state index in [4.69, 9.17) is 9.15 Å². The van der Waals surface area contributed by atoms with Gasteiger partial charge < -0.3 is 14.5 Å². The van der Waals surface area contributed by atoms with Gasteiger partial charge in [0.2, 0.25) is 0 Å².